The van der Waals surface area contributed by atoms with Gasteiger partial charge in [0.1, 0.15) is 17.8 Å². The first-order valence-corrected chi connectivity index (χ1v) is 10.5. The second-order valence-corrected chi connectivity index (χ2v) is 8.20. The smallest absolute Gasteiger partial charge is 0.246 e. The van der Waals surface area contributed by atoms with Gasteiger partial charge in [-0.25, -0.2) is 0 Å². The van der Waals surface area contributed by atoms with Crippen LogP contribution >= 0.6 is 0 Å². The molecule has 0 spiro atoms. The van der Waals surface area contributed by atoms with Crippen LogP contribution in [0.2, 0.25) is 0 Å². The highest BCUT2D eigenvalue weighted by molar-refractivity contribution is 5.97. The normalized spacial score (nSPS) is 21.7. The van der Waals surface area contributed by atoms with Gasteiger partial charge < -0.3 is 15.3 Å². The Morgan fingerprint density at radius 3 is 2.71 bits per heavy atom. The van der Waals surface area contributed by atoms with E-state index in [2.05, 4.69) is 27.3 Å². The van der Waals surface area contributed by atoms with Crippen molar-refractivity contribution in [1.29, 1.82) is 0 Å². The molecule has 1 aromatic heterocycles. The molecule has 0 saturated carbocycles. The van der Waals surface area contributed by atoms with Crippen molar-refractivity contribution in [2.45, 2.75) is 25.0 Å². The van der Waals surface area contributed by atoms with E-state index in [1.807, 2.05) is 18.2 Å². The highest BCUT2D eigenvalue weighted by Crippen LogP contribution is 2.23. The number of aromatic nitrogens is 1. The minimum atomic E-state index is -0.566. The summed E-state index contributed by atoms with van der Waals surface area (Å²) in [7, 11) is 0. The molecule has 2 amide bonds. The second kappa shape index (κ2) is 8.00. The number of aromatic hydroxyl groups is 1. The Morgan fingerprint density at radius 1 is 1.03 bits per heavy atom. The van der Waals surface area contributed by atoms with Crippen LogP contribution in [0.4, 0.5) is 0 Å². The van der Waals surface area contributed by atoms with Crippen molar-refractivity contribution in [3.63, 3.8) is 0 Å². The molecule has 7 heteroatoms. The first-order chi connectivity index (χ1) is 15.1. The van der Waals surface area contributed by atoms with E-state index in [1.165, 1.54) is 5.56 Å². The molecule has 2 aliphatic rings. The van der Waals surface area contributed by atoms with E-state index in [4.69, 9.17) is 0 Å². The van der Waals surface area contributed by atoms with Crippen LogP contribution in [0.25, 0.3) is 10.9 Å². The Morgan fingerprint density at radius 2 is 1.87 bits per heavy atom. The maximum Gasteiger partial charge on any atom is 0.246 e. The molecular formula is C24H24N4O3. The van der Waals surface area contributed by atoms with E-state index in [1.54, 1.807) is 35.4 Å². The second-order valence-electron chi connectivity index (χ2n) is 8.20. The van der Waals surface area contributed by atoms with Crippen LogP contribution in [0.1, 0.15) is 11.1 Å². The first kappa shape index (κ1) is 19.5. The summed E-state index contributed by atoms with van der Waals surface area (Å²) < 4.78 is 0. The van der Waals surface area contributed by atoms with Gasteiger partial charge in [0.15, 0.2) is 0 Å². The topological polar surface area (TPSA) is 85.8 Å². The molecule has 0 bridgehead atoms. The number of nitrogens with one attached hydrogen (secondary N) is 1. The fourth-order valence-corrected chi connectivity index (χ4v) is 4.55. The van der Waals surface area contributed by atoms with Crippen molar-refractivity contribution >= 4 is 22.7 Å². The molecule has 2 aromatic carbocycles. The predicted molar refractivity (Wildman–Crippen MR) is 116 cm³/mol. The average Bonchev–Trinajstić information content (AvgIpc) is 2.79. The summed E-state index contributed by atoms with van der Waals surface area (Å²) in [5, 5.41) is 13.5. The molecule has 3 heterocycles. The Labute approximate surface area is 180 Å². The summed E-state index contributed by atoms with van der Waals surface area (Å²) in [6.45, 7) is 2.48. The molecule has 31 heavy (non-hydrogen) atoms. The number of fused-ring (bicyclic) bond motifs is 2. The Balaban J connectivity index is 1.28. The molecule has 3 aromatic rings. The van der Waals surface area contributed by atoms with E-state index in [0.717, 1.165) is 23.0 Å². The zero-order valence-corrected chi connectivity index (χ0v) is 17.1. The molecule has 2 saturated heterocycles. The largest absolute Gasteiger partial charge is 0.508 e. The predicted octanol–water partition coefficient (Wildman–Crippen LogP) is 1.69. The number of hydrogen-bond acceptors (Lipinski definition) is 5. The Kier molecular flexibility index (Phi) is 5.03. The quantitative estimate of drug-likeness (QED) is 0.676. The lowest BCUT2D eigenvalue weighted by molar-refractivity contribution is -0.153. The lowest BCUT2D eigenvalue weighted by Gasteiger charge is -2.45. The van der Waals surface area contributed by atoms with Crippen LogP contribution in [0.3, 0.4) is 0 Å². The molecule has 2 N–H and O–H groups in total. The van der Waals surface area contributed by atoms with Crippen LogP contribution in [0.5, 0.6) is 5.75 Å². The highest BCUT2D eigenvalue weighted by Gasteiger charge is 2.43. The molecule has 7 nitrogen and oxygen atoms in total. The molecule has 0 aliphatic carbocycles. The van der Waals surface area contributed by atoms with Crippen LogP contribution in [0, 0.1) is 0 Å². The van der Waals surface area contributed by atoms with Gasteiger partial charge in [-0.15, -0.1) is 0 Å². The van der Waals surface area contributed by atoms with Gasteiger partial charge in [-0.2, -0.15) is 0 Å². The van der Waals surface area contributed by atoms with Crippen molar-refractivity contribution in [3.8, 4) is 5.75 Å². The molecule has 5 rings (SSSR count). The minimum absolute atomic E-state index is 0.0355. The molecule has 2 aliphatic heterocycles. The molecule has 158 valence electrons. The number of carbonyl (C=O) groups excluding carboxylic acids is 2. The summed E-state index contributed by atoms with van der Waals surface area (Å²) in [4.78, 5) is 34.3. The number of piperazine rings is 2. The number of hydrogen-bond donors (Lipinski definition) is 2. The van der Waals surface area contributed by atoms with Crippen molar-refractivity contribution < 1.29 is 14.7 Å². The van der Waals surface area contributed by atoms with Gasteiger partial charge in [-0.3, -0.25) is 19.5 Å². The summed E-state index contributed by atoms with van der Waals surface area (Å²) >= 11 is 0. The fraction of sp³-hybridized carbons (Fsp3) is 0.292. The van der Waals surface area contributed by atoms with E-state index in [0.29, 0.717) is 26.1 Å². The van der Waals surface area contributed by atoms with Crippen molar-refractivity contribution in [3.05, 3.63) is 71.9 Å². The number of pyridine rings is 1. The number of carbonyl (C=O) groups is 2. The lowest BCUT2D eigenvalue weighted by atomic mass is 9.98. The van der Waals surface area contributed by atoms with Gasteiger partial charge in [0, 0.05) is 44.2 Å². The van der Waals surface area contributed by atoms with Gasteiger partial charge >= 0.3 is 0 Å². The maximum atomic E-state index is 13.1. The van der Waals surface area contributed by atoms with Crippen LogP contribution in [-0.4, -0.2) is 63.4 Å². The summed E-state index contributed by atoms with van der Waals surface area (Å²) in [5.74, 6) is 0.0419. The van der Waals surface area contributed by atoms with Gasteiger partial charge in [0.2, 0.25) is 11.8 Å². The van der Waals surface area contributed by atoms with E-state index in [9.17, 15) is 14.7 Å². The monoisotopic (exact) mass is 416 g/mol. The number of amides is 2. The first-order valence-electron chi connectivity index (χ1n) is 10.5. The minimum Gasteiger partial charge on any atom is -0.508 e. The van der Waals surface area contributed by atoms with E-state index in [-0.39, 0.29) is 17.6 Å². The standard InChI is InChI=1S/C24H24N4O3/c29-18-8-6-16(7-9-18)13-21-24(31)28-12-11-27(15-22(28)23(30)26-21)14-17-3-1-5-20-19(17)4-2-10-25-20/h1-10,21-22,29H,11-15H2,(H,26,30)/t21-,22+/m0/s1. The highest BCUT2D eigenvalue weighted by atomic mass is 16.3. The molecule has 2 fully saturated rings. The fourth-order valence-electron chi connectivity index (χ4n) is 4.55. The number of benzene rings is 2. The van der Waals surface area contributed by atoms with Gasteiger partial charge in [0.25, 0.3) is 0 Å². The third kappa shape index (κ3) is 3.84. The molecule has 0 unspecified atom stereocenters. The van der Waals surface area contributed by atoms with Gasteiger partial charge in [0.05, 0.1) is 5.52 Å². The average molecular weight is 416 g/mol. The zero-order valence-electron chi connectivity index (χ0n) is 17.1. The summed E-state index contributed by atoms with van der Waals surface area (Å²) in [5.41, 5.74) is 3.03. The van der Waals surface area contributed by atoms with E-state index < -0.39 is 12.1 Å². The van der Waals surface area contributed by atoms with Gasteiger partial charge in [-0.1, -0.05) is 30.3 Å². The number of rotatable bonds is 4. The van der Waals surface area contributed by atoms with Crippen molar-refractivity contribution in [2.24, 2.45) is 0 Å². The Hall–Kier alpha value is -3.45. The van der Waals surface area contributed by atoms with Crippen LogP contribution in [-0.2, 0) is 22.6 Å². The van der Waals surface area contributed by atoms with Gasteiger partial charge in [-0.05, 0) is 35.4 Å². The zero-order chi connectivity index (χ0) is 21.4. The van der Waals surface area contributed by atoms with E-state index >= 15 is 0 Å². The number of phenols is 1. The molecule has 0 radical (unpaired) electrons. The third-order valence-electron chi connectivity index (χ3n) is 6.17. The SMILES string of the molecule is O=C1N[C@@H](Cc2ccc(O)cc2)C(=O)N2CCN(Cc3cccc4ncccc34)C[C@H]12. The molecule has 2 atom stereocenters. The van der Waals surface area contributed by atoms with Crippen LogP contribution in [0.15, 0.2) is 60.8 Å². The lowest BCUT2D eigenvalue weighted by Crippen LogP contribution is -2.69. The number of nitrogens with zero attached hydrogens (tertiary/aromatic N) is 3. The summed E-state index contributed by atoms with van der Waals surface area (Å²) in [6, 6.07) is 15.8. The van der Waals surface area contributed by atoms with Crippen molar-refractivity contribution in [1.82, 2.24) is 20.1 Å². The van der Waals surface area contributed by atoms with Crippen LogP contribution < -0.4 is 5.32 Å². The summed E-state index contributed by atoms with van der Waals surface area (Å²) in [6.07, 6.45) is 2.21. The maximum absolute atomic E-state index is 13.1. The Bertz CT molecular complexity index is 1130. The van der Waals surface area contributed by atoms with Crippen molar-refractivity contribution in [2.75, 3.05) is 19.6 Å². The number of phenolic OH excluding ortho intramolecular Hbond substituents is 1. The third-order valence-corrected chi connectivity index (χ3v) is 6.17. The molecular weight excluding hydrogens is 392 g/mol.